The van der Waals surface area contributed by atoms with Crippen molar-refractivity contribution >= 4 is 12.0 Å². The molecule has 104 valence electrons. The molecule has 2 N–H and O–H groups in total. The normalized spacial score (nSPS) is 12.4. The number of aliphatic hydroxyl groups is 1. The molecule has 1 rings (SSSR count). The van der Waals surface area contributed by atoms with Crippen molar-refractivity contribution < 1.29 is 14.6 Å². The Balaban J connectivity index is 2.75. The van der Waals surface area contributed by atoms with Crippen molar-refractivity contribution in [2.75, 3.05) is 13.7 Å². The summed E-state index contributed by atoms with van der Waals surface area (Å²) in [6.45, 7) is 3.84. The monoisotopic (exact) mass is 263 g/mol. The quantitative estimate of drug-likeness (QED) is 0.771. The van der Waals surface area contributed by atoms with Crippen molar-refractivity contribution in [3.63, 3.8) is 0 Å². The number of ether oxygens (including phenoxy) is 1. The first-order valence-corrected chi connectivity index (χ1v) is 6.34. The molecule has 0 saturated carbocycles. The summed E-state index contributed by atoms with van der Waals surface area (Å²) in [5, 5.41) is 11.7. The van der Waals surface area contributed by atoms with E-state index in [9.17, 15) is 4.79 Å². The fourth-order valence-electron chi connectivity index (χ4n) is 1.68. The van der Waals surface area contributed by atoms with Gasteiger partial charge in [-0.1, -0.05) is 18.6 Å². The van der Waals surface area contributed by atoms with Crippen molar-refractivity contribution in [2.24, 2.45) is 0 Å². The molecular formula is C15H21NO3. The van der Waals surface area contributed by atoms with Crippen LogP contribution in [0.2, 0.25) is 0 Å². The van der Waals surface area contributed by atoms with Gasteiger partial charge in [-0.25, -0.2) is 0 Å². The SMILES string of the molecule is CC[C@@H](CO)NC(=O)/C=C/c1cc(C)ccc1OC. The Kier molecular flexibility index (Phi) is 6.09. The summed E-state index contributed by atoms with van der Waals surface area (Å²) in [5.41, 5.74) is 1.96. The molecule has 4 heteroatoms. The summed E-state index contributed by atoms with van der Waals surface area (Å²) < 4.78 is 5.23. The molecule has 0 aromatic heterocycles. The molecule has 1 aromatic carbocycles. The second kappa shape index (κ2) is 7.59. The highest BCUT2D eigenvalue weighted by molar-refractivity contribution is 5.92. The smallest absolute Gasteiger partial charge is 0.244 e. The minimum Gasteiger partial charge on any atom is -0.496 e. The van der Waals surface area contributed by atoms with Gasteiger partial charge in [0, 0.05) is 11.6 Å². The minimum absolute atomic E-state index is 0.0517. The number of nitrogens with one attached hydrogen (secondary N) is 1. The first-order chi connectivity index (χ1) is 9.10. The van der Waals surface area contributed by atoms with E-state index in [1.54, 1.807) is 13.2 Å². The van der Waals surface area contributed by atoms with Crippen LogP contribution in [0.25, 0.3) is 6.08 Å². The average molecular weight is 263 g/mol. The molecule has 1 atom stereocenters. The van der Waals surface area contributed by atoms with Crippen molar-refractivity contribution in [3.05, 3.63) is 35.4 Å². The van der Waals surface area contributed by atoms with Crippen LogP contribution in [0.5, 0.6) is 5.75 Å². The maximum atomic E-state index is 11.7. The molecule has 1 aromatic rings. The van der Waals surface area contributed by atoms with Crippen LogP contribution in [0, 0.1) is 6.92 Å². The third-order valence-electron chi connectivity index (χ3n) is 2.86. The Morgan fingerprint density at radius 1 is 1.53 bits per heavy atom. The summed E-state index contributed by atoms with van der Waals surface area (Å²) in [5.74, 6) is 0.508. The zero-order chi connectivity index (χ0) is 14.3. The van der Waals surface area contributed by atoms with E-state index in [4.69, 9.17) is 9.84 Å². The Hall–Kier alpha value is -1.81. The van der Waals surface area contributed by atoms with E-state index in [1.165, 1.54) is 6.08 Å². The van der Waals surface area contributed by atoms with E-state index in [0.717, 1.165) is 16.9 Å². The van der Waals surface area contributed by atoms with Gasteiger partial charge in [0.1, 0.15) is 5.75 Å². The van der Waals surface area contributed by atoms with Crippen molar-refractivity contribution in [1.29, 1.82) is 0 Å². The summed E-state index contributed by atoms with van der Waals surface area (Å²) in [4.78, 5) is 11.7. The molecule has 0 bridgehead atoms. The highest BCUT2D eigenvalue weighted by Gasteiger charge is 2.06. The maximum Gasteiger partial charge on any atom is 0.244 e. The number of aliphatic hydroxyl groups excluding tert-OH is 1. The molecule has 0 fully saturated rings. The molecule has 0 saturated heterocycles. The Morgan fingerprint density at radius 2 is 2.26 bits per heavy atom. The Morgan fingerprint density at radius 3 is 2.84 bits per heavy atom. The fraction of sp³-hybridized carbons (Fsp3) is 0.400. The van der Waals surface area contributed by atoms with Crippen molar-refractivity contribution in [1.82, 2.24) is 5.32 Å². The molecule has 0 heterocycles. The summed E-state index contributed by atoms with van der Waals surface area (Å²) >= 11 is 0. The third kappa shape index (κ3) is 4.75. The zero-order valence-electron chi connectivity index (χ0n) is 11.6. The summed E-state index contributed by atoms with van der Waals surface area (Å²) in [6, 6.07) is 5.58. The first-order valence-electron chi connectivity index (χ1n) is 6.34. The summed E-state index contributed by atoms with van der Waals surface area (Å²) in [6.07, 6.45) is 3.87. The van der Waals surface area contributed by atoms with Crippen LogP contribution in [0.4, 0.5) is 0 Å². The van der Waals surface area contributed by atoms with E-state index >= 15 is 0 Å². The highest BCUT2D eigenvalue weighted by Crippen LogP contribution is 2.20. The lowest BCUT2D eigenvalue weighted by Crippen LogP contribution is -2.35. The predicted octanol–water partition coefficient (Wildman–Crippen LogP) is 1.90. The molecular weight excluding hydrogens is 242 g/mol. The van der Waals surface area contributed by atoms with Crippen LogP contribution < -0.4 is 10.1 Å². The topological polar surface area (TPSA) is 58.6 Å². The molecule has 0 spiro atoms. The number of aryl methyl sites for hydroxylation is 1. The van der Waals surface area contributed by atoms with Gasteiger partial charge in [-0.3, -0.25) is 4.79 Å². The molecule has 0 aliphatic heterocycles. The lowest BCUT2D eigenvalue weighted by molar-refractivity contribution is -0.117. The number of carbonyl (C=O) groups is 1. The van der Waals surface area contributed by atoms with Crippen LogP contribution in [0.1, 0.15) is 24.5 Å². The molecule has 19 heavy (non-hydrogen) atoms. The standard InChI is InChI=1S/C15H21NO3/c1-4-13(10-17)16-15(18)8-6-12-9-11(2)5-7-14(12)19-3/h5-9,13,17H,4,10H2,1-3H3,(H,16,18)/b8-6+/t13-/m0/s1. The van der Waals surface area contributed by atoms with Crippen molar-refractivity contribution in [2.45, 2.75) is 26.3 Å². The van der Waals surface area contributed by atoms with Crippen LogP contribution in [0.3, 0.4) is 0 Å². The van der Waals surface area contributed by atoms with E-state index in [-0.39, 0.29) is 18.6 Å². The third-order valence-corrected chi connectivity index (χ3v) is 2.86. The first kappa shape index (κ1) is 15.2. The predicted molar refractivity (Wildman–Crippen MR) is 76.1 cm³/mol. The van der Waals surface area contributed by atoms with Crippen LogP contribution in [0.15, 0.2) is 24.3 Å². The van der Waals surface area contributed by atoms with Gasteiger partial charge in [0.15, 0.2) is 0 Å². The lowest BCUT2D eigenvalue weighted by atomic mass is 10.1. The van der Waals surface area contributed by atoms with Gasteiger partial charge in [0.2, 0.25) is 5.91 Å². The molecule has 0 radical (unpaired) electrons. The molecule has 0 aliphatic carbocycles. The Labute approximate surface area is 114 Å². The molecule has 0 unspecified atom stereocenters. The van der Waals surface area contributed by atoms with E-state index in [1.807, 2.05) is 32.0 Å². The number of hydrogen-bond acceptors (Lipinski definition) is 3. The molecule has 0 aliphatic rings. The van der Waals surface area contributed by atoms with Crippen molar-refractivity contribution in [3.8, 4) is 5.75 Å². The lowest BCUT2D eigenvalue weighted by Gasteiger charge is -2.12. The van der Waals surface area contributed by atoms with E-state index in [2.05, 4.69) is 5.32 Å². The Bertz CT molecular complexity index is 451. The van der Waals surface area contributed by atoms with Gasteiger partial charge in [0.05, 0.1) is 19.8 Å². The number of methoxy groups -OCH3 is 1. The highest BCUT2D eigenvalue weighted by atomic mass is 16.5. The number of rotatable bonds is 6. The number of benzene rings is 1. The van der Waals surface area contributed by atoms with Gasteiger partial charge in [-0.15, -0.1) is 0 Å². The average Bonchev–Trinajstić information content (AvgIpc) is 2.42. The second-order valence-corrected chi connectivity index (χ2v) is 4.38. The number of amides is 1. The minimum atomic E-state index is -0.218. The van der Waals surface area contributed by atoms with E-state index < -0.39 is 0 Å². The summed E-state index contributed by atoms with van der Waals surface area (Å²) in [7, 11) is 1.60. The van der Waals surface area contributed by atoms with Gasteiger partial charge in [-0.05, 0) is 31.6 Å². The fourth-order valence-corrected chi connectivity index (χ4v) is 1.68. The van der Waals surface area contributed by atoms with Crippen LogP contribution >= 0.6 is 0 Å². The van der Waals surface area contributed by atoms with Gasteiger partial charge in [-0.2, -0.15) is 0 Å². The molecule has 4 nitrogen and oxygen atoms in total. The van der Waals surface area contributed by atoms with Crippen LogP contribution in [-0.2, 0) is 4.79 Å². The molecule has 1 amide bonds. The largest absolute Gasteiger partial charge is 0.496 e. The van der Waals surface area contributed by atoms with Gasteiger partial charge < -0.3 is 15.2 Å². The van der Waals surface area contributed by atoms with Gasteiger partial charge in [0.25, 0.3) is 0 Å². The zero-order valence-corrected chi connectivity index (χ0v) is 11.6. The van der Waals surface area contributed by atoms with E-state index in [0.29, 0.717) is 6.42 Å². The number of hydrogen-bond donors (Lipinski definition) is 2. The maximum absolute atomic E-state index is 11.7. The number of carbonyl (C=O) groups excluding carboxylic acids is 1. The second-order valence-electron chi connectivity index (χ2n) is 4.38. The van der Waals surface area contributed by atoms with Gasteiger partial charge >= 0.3 is 0 Å². The van der Waals surface area contributed by atoms with Crippen LogP contribution in [-0.4, -0.2) is 30.8 Å².